The average molecular weight is 823 g/mol. The highest BCUT2D eigenvalue weighted by atomic mass is 127. The van der Waals surface area contributed by atoms with Crippen molar-refractivity contribution in [1.82, 2.24) is 9.13 Å². The van der Waals surface area contributed by atoms with Crippen LogP contribution in [0.5, 0.6) is 0 Å². The molecule has 2 nitrogen and oxygen atoms in total. The van der Waals surface area contributed by atoms with Crippen LogP contribution >= 0.6 is 68.4 Å². The van der Waals surface area contributed by atoms with E-state index >= 15 is 0 Å². The first-order valence-electron chi connectivity index (χ1n) is 13.7. The SMILES string of the molecule is ClCCl.Ic1ccc2c(c1)c1cc(I)ccc1n2-c1ccccc1.c1ccc(-n2c3ccccc3c3ccccc32)cc1. The maximum atomic E-state index is 4.76. The Morgan fingerprint density at radius 2 is 0.721 bits per heavy atom. The average Bonchev–Trinajstić information content (AvgIpc) is 3.55. The summed E-state index contributed by atoms with van der Waals surface area (Å²) in [4.78, 5) is 0. The van der Waals surface area contributed by atoms with Crippen molar-refractivity contribution in [2.24, 2.45) is 0 Å². The zero-order valence-corrected chi connectivity index (χ0v) is 28.8. The number of halogens is 4. The lowest BCUT2D eigenvalue weighted by Gasteiger charge is -2.07. The van der Waals surface area contributed by atoms with Crippen LogP contribution in [0.2, 0.25) is 0 Å². The van der Waals surface area contributed by atoms with Crippen molar-refractivity contribution in [3.63, 3.8) is 0 Å². The highest BCUT2D eigenvalue weighted by Crippen LogP contribution is 2.34. The van der Waals surface area contributed by atoms with Gasteiger partial charge in [-0.1, -0.05) is 72.8 Å². The van der Waals surface area contributed by atoms with Gasteiger partial charge in [0, 0.05) is 40.1 Å². The maximum Gasteiger partial charge on any atom is 0.0967 e. The van der Waals surface area contributed by atoms with Crippen LogP contribution in [-0.4, -0.2) is 14.5 Å². The molecule has 0 aliphatic carbocycles. The minimum absolute atomic E-state index is 0.194. The summed E-state index contributed by atoms with van der Waals surface area (Å²) in [5, 5.41) is 5.45. The fourth-order valence-electron chi connectivity index (χ4n) is 5.60. The van der Waals surface area contributed by atoms with E-state index in [1.54, 1.807) is 0 Å². The molecule has 0 bridgehead atoms. The van der Waals surface area contributed by atoms with Gasteiger partial charge < -0.3 is 9.13 Å². The van der Waals surface area contributed by atoms with Crippen LogP contribution in [0.25, 0.3) is 55.0 Å². The van der Waals surface area contributed by atoms with Crippen molar-refractivity contribution < 1.29 is 0 Å². The summed E-state index contributed by atoms with van der Waals surface area (Å²) >= 11 is 14.3. The first kappa shape index (κ1) is 30.0. The number of para-hydroxylation sites is 4. The molecule has 0 unspecified atom stereocenters. The molecule has 8 aromatic rings. The fourth-order valence-corrected chi connectivity index (χ4v) is 6.58. The Labute approximate surface area is 288 Å². The molecule has 0 aliphatic heterocycles. The zero-order valence-electron chi connectivity index (χ0n) is 23.0. The topological polar surface area (TPSA) is 9.86 Å². The Hall–Kier alpha value is -3.04. The van der Waals surface area contributed by atoms with Gasteiger partial charge in [-0.05, 0) is 118 Å². The van der Waals surface area contributed by atoms with E-state index in [2.05, 4.69) is 200 Å². The number of aromatic nitrogens is 2. The van der Waals surface area contributed by atoms with Crippen LogP contribution in [0.15, 0.2) is 146 Å². The Morgan fingerprint density at radius 1 is 0.395 bits per heavy atom. The van der Waals surface area contributed by atoms with Crippen LogP contribution < -0.4 is 0 Å². The molecule has 0 N–H and O–H groups in total. The normalized spacial score (nSPS) is 10.9. The number of alkyl halides is 2. The molecule has 0 aliphatic rings. The van der Waals surface area contributed by atoms with Gasteiger partial charge in [-0.25, -0.2) is 0 Å². The van der Waals surface area contributed by atoms with Gasteiger partial charge in [0.05, 0.1) is 27.4 Å². The molecule has 0 fully saturated rings. The quantitative estimate of drug-likeness (QED) is 0.121. The number of hydrogen-bond donors (Lipinski definition) is 0. The molecule has 212 valence electrons. The van der Waals surface area contributed by atoms with Gasteiger partial charge in [0.25, 0.3) is 0 Å². The third kappa shape index (κ3) is 6.16. The standard InChI is InChI=1S/C18H11I2N.C18H13N.CH2Cl2/c19-12-6-8-17-15(10-12)16-11-13(20)7-9-18(16)21(17)14-4-2-1-3-5-14;1-2-8-14(9-3-1)19-17-12-6-4-10-15(17)16-11-5-7-13-18(16)19;2-1-3/h1-11H;1-13H;1H2. The highest BCUT2D eigenvalue weighted by Gasteiger charge is 2.13. The number of rotatable bonds is 2. The van der Waals surface area contributed by atoms with E-state index in [1.165, 1.54) is 62.1 Å². The molecule has 8 rings (SSSR count). The number of hydrogen-bond acceptors (Lipinski definition) is 0. The Kier molecular flexibility index (Phi) is 9.58. The van der Waals surface area contributed by atoms with E-state index < -0.39 is 0 Å². The third-order valence-corrected chi connectivity index (χ3v) is 8.64. The number of benzene rings is 6. The first-order valence-corrected chi connectivity index (χ1v) is 16.9. The van der Waals surface area contributed by atoms with Crippen LogP contribution in [0, 0.1) is 7.14 Å². The molecule has 43 heavy (non-hydrogen) atoms. The van der Waals surface area contributed by atoms with E-state index in [0.29, 0.717) is 0 Å². The Morgan fingerprint density at radius 3 is 1.12 bits per heavy atom. The molecule has 0 amide bonds. The lowest BCUT2D eigenvalue weighted by atomic mass is 10.2. The second-order valence-electron chi connectivity index (χ2n) is 9.80. The van der Waals surface area contributed by atoms with Crippen LogP contribution in [0.4, 0.5) is 0 Å². The molecule has 6 heteroatoms. The molecule has 0 saturated heterocycles. The van der Waals surface area contributed by atoms with E-state index in [9.17, 15) is 0 Å². The van der Waals surface area contributed by atoms with Gasteiger partial charge in [0.15, 0.2) is 0 Å². The molecule has 2 aromatic heterocycles. The maximum absolute atomic E-state index is 4.76. The molecule has 0 atom stereocenters. The van der Waals surface area contributed by atoms with Crippen molar-refractivity contribution in [3.8, 4) is 11.4 Å². The lowest BCUT2D eigenvalue weighted by molar-refractivity contribution is 1.18. The molecular weight excluding hydrogens is 797 g/mol. The van der Waals surface area contributed by atoms with Crippen LogP contribution in [0.1, 0.15) is 0 Å². The van der Waals surface area contributed by atoms with E-state index in [-0.39, 0.29) is 5.34 Å². The predicted molar refractivity (Wildman–Crippen MR) is 204 cm³/mol. The minimum atomic E-state index is 0.194. The summed E-state index contributed by atoms with van der Waals surface area (Å²) in [6, 6.07) is 51.6. The van der Waals surface area contributed by atoms with Gasteiger partial charge in [-0.2, -0.15) is 0 Å². The van der Waals surface area contributed by atoms with Crippen molar-refractivity contribution in [2.45, 2.75) is 0 Å². The fraction of sp³-hybridized carbons (Fsp3) is 0.0270. The van der Waals surface area contributed by atoms with E-state index in [4.69, 9.17) is 23.2 Å². The monoisotopic (exact) mass is 822 g/mol. The van der Waals surface area contributed by atoms with E-state index in [1.807, 2.05) is 0 Å². The van der Waals surface area contributed by atoms with Crippen molar-refractivity contribution >= 4 is 112 Å². The summed E-state index contributed by atoms with van der Waals surface area (Å²) in [6.45, 7) is 0. The summed E-state index contributed by atoms with van der Waals surface area (Å²) in [7, 11) is 0. The number of nitrogens with zero attached hydrogens (tertiary/aromatic N) is 2. The van der Waals surface area contributed by atoms with Crippen molar-refractivity contribution in [3.05, 3.63) is 153 Å². The number of fused-ring (bicyclic) bond motifs is 6. The van der Waals surface area contributed by atoms with Gasteiger partial charge in [0.2, 0.25) is 0 Å². The smallest absolute Gasteiger partial charge is 0.0967 e. The predicted octanol–water partition coefficient (Wildman–Crippen LogP) is 12.2. The van der Waals surface area contributed by atoms with Gasteiger partial charge >= 0.3 is 0 Å². The van der Waals surface area contributed by atoms with Gasteiger partial charge in [0.1, 0.15) is 0 Å². The van der Waals surface area contributed by atoms with Gasteiger partial charge in [-0.15, -0.1) is 23.2 Å². The third-order valence-electron chi connectivity index (χ3n) is 7.30. The summed E-state index contributed by atoms with van der Waals surface area (Å²) in [5.41, 5.74) is 7.46. The van der Waals surface area contributed by atoms with Crippen LogP contribution in [-0.2, 0) is 0 Å². The molecule has 0 radical (unpaired) electrons. The Balaban J connectivity index is 0.000000141. The highest BCUT2D eigenvalue weighted by molar-refractivity contribution is 14.1. The van der Waals surface area contributed by atoms with E-state index in [0.717, 1.165) is 0 Å². The Bertz CT molecular complexity index is 2040. The minimum Gasteiger partial charge on any atom is -0.309 e. The van der Waals surface area contributed by atoms with Crippen molar-refractivity contribution in [1.29, 1.82) is 0 Å². The second kappa shape index (κ2) is 13.7. The molecule has 0 saturated carbocycles. The molecular formula is C37H26Cl2I2N2. The summed E-state index contributed by atoms with van der Waals surface area (Å²) in [5.74, 6) is 0. The van der Waals surface area contributed by atoms with Crippen molar-refractivity contribution in [2.75, 3.05) is 5.34 Å². The zero-order chi connectivity index (χ0) is 29.8. The lowest BCUT2D eigenvalue weighted by Crippen LogP contribution is -1.92. The van der Waals surface area contributed by atoms with Gasteiger partial charge in [-0.3, -0.25) is 0 Å². The molecule has 0 spiro atoms. The first-order chi connectivity index (χ1) is 21.1. The summed E-state index contributed by atoms with van der Waals surface area (Å²) < 4.78 is 7.21. The summed E-state index contributed by atoms with van der Waals surface area (Å²) in [6.07, 6.45) is 0. The largest absolute Gasteiger partial charge is 0.309 e. The molecule has 2 heterocycles. The van der Waals surface area contributed by atoms with Crippen LogP contribution in [0.3, 0.4) is 0 Å². The second-order valence-corrected chi connectivity index (χ2v) is 13.1. The molecule has 6 aromatic carbocycles.